The highest BCUT2D eigenvalue weighted by molar-refractivity contribution is 6.31. The summed E-state index contributed by atoms with van der Waals surface area (Å²) >= 11 is 6.02. The highest BCUT2D eigenvalue weighted by Gasteiger charge is 2.37. The topological polar surface area (TPSA) is 29.5 Å². The molecule has 0 fully saturated rings. The molecule has 1 aromatic carbocycles. The van der Waals surface area contributed by atoms with Crippen LogP contribution in [0.2, 0.25) is 5.02 Å². The summed E-state index contributed by atoms with van der Waals surface area (Å²) in [5.41, 5.74) is -0.834. The number of rotatable bonds is 0. The van der Waals surface area contributed by atoms with Gasteiger partial charge in [-0.2, -0.15) is 13.2 Å². The van der Waals surface area contributed by atoms with Crippen LogP contribution in [0.15, 0.2) is 12.1 Å². The Balaban J connectivity index is 2.30. The van der Waals surface area contributed by atoms with Gasteiger partial charge in [-0.05, 0) is 50.5 Å². The van der Waals surface area contributed by atoms with Gasteiger partial charge in [-0.3, -0.25) is 0 Å². The van der Waals surface area contributed by atoms with Gasteiger partial charge < -0.3 is 9.64 Å². The van der Waals surface area contributed by atoms with E-state index in [1.807, 2.05) is 0 Å². The van der Waals surface area contributed by atoms with Gasteiger partial charge in [0.15, 0.2) is 0 Å². The number of amides is 1. The van der Waals surface area contributed by atoms with Gasteiger partial charge in [0.05, 0.1) is 12.1 Å². The highest BCUT2D eigenvalue weighted by atomic mass is 35.5. The molecule has 0 radical (unpaired) electrons. The third kappa shape index (κ3) is 3.66. The maximum Gasteiger partial charge on any atom is 0.416 e. The first kappa shape index (κ1) is 16.9. The molecule has 0 aromatic heterocycles. The number of alkyl halides is 3. The molecular weight excluding hydrogens is 319 g/mol. The summed E-state index contributed by atoms with van der Waals surface area (Å²) < 4.78 is 44.4. The highest BCUT2D eigenvalue weighted by Crippen LogP contribution is 2.38. The molecule has 3 nitrogen and oxygen atoms in total. The van der Waals surface area contributed by atoms with Gasteiger partial charge in [-0.25, -0.2) is 4.79 Å². The summed E-state index contributed by atoms with van der Waals surface area (Å²) in [6.07, 6.45) is -4.88. The first-order valence-electron chi connectivity index (χ1n) is 6.84. The molecule has 22 heavy (non-hydrogen) atoms. The van der Waals surface area contributed by atoms with Gasteiger partial charge in [0.2, 0.25) is 0 Å². The van der Waals surface area contributed by atoms with Gasteiger partial charge in [-0.1, -0.05) is 11.6 Å². The number of fused-ring (bicyclic) bond motifs is 1. The lowest BCUT2D eigenvalue weighted by Gasteiger charge is -2.32. The van der Waals surface area contributed by atoms with Crippen molar-refractivity contribution >= 4 is 17.7 Å². The number of carbonyl (C=O) groups is 1. The van der Waals surface area contributed by atoms with Gasteiger partial charge in [0, 0.05) is 11.6 Å². The molecule has 0 saturated heterocycles. The second kappa shape index (κ2) is 5.65. The van der Waals surface area contributed by atoms with Crippen molar-refractivity contribution < 1.29 is 22.7 Å². The quantitative estimate of drug-likeness (QED) is 0.690. The lowest BCUT2D eigenvalue weighted by Crippen LogP contribution is -2.40. The summed E-state index contributed by atoms with van der Waals surface area (Å²) in [4.78, 5) is 13.4. The van der Waals surface area contributed by atoms with E-state index in [0.29, 0.717) is 5.56 Å². The zero-order valence-electron chi connectivity index (χ0n) is 12.6. The van der Waals surface area contributed by atoms with E-state index in [4.69, 9.17) is 16.3 Å². The second-order valence-electron chi connectivity index (χ2n) is 6.20. The van der Waals surface area contributed by atoms with E-state index in [1.54, 1.807) is 20.8 Å². The van der Waals surface area contributed by atoms with Crippen LogP contribution >= 0.6 is 11.6 Å². The maximum absolute atomic E-state index is 13.0. The average Bonchev–Trinajstić information content (AvgIpc) is 2.35. The number of nitrogens with zero attached hydrogens (tertiary/aromatic N) is 1. The molecule has 1 aromatic rings. The summed E-state index contributed by atoms with van der Waals surface area (Å²) in [6, 6.07) is 2.21. The van der Waals surface area contributed by atoms with Crippen molar-refractivity contribution in [1.29, 1.82) is 0 Å². The number of ether oxygens (including phenoxy) is 1. The SMILES string of the molecule is CC(C)(C)OC(=O)N1CCc2c(C(F)(F)F)ccc(Cl)c2C1. The van der Waals surface area contributed by atoms with Crippen LogP contribution in [-0.4, -0.2) is 23.1 Å². The maximum atomic E-state index is 13.0. The monoisotopic (exact) mass is 335 g/mol. The van der Waals surface area contributed by atoms with Crippen molar-refractivity contribution in [2.24, 2.45) is 0 Å². The molecule has 0 N–H and O–H groups in total. The Hall–Kier alpha value is -1.43. The lowest BCUT2D eigenvalue weighted by atomic mass is 9.94. The molecule has 0 aliphatic carbocycles. The Kier molecular flexibility index (Phi) is 4.35. The van der Waals surface area contributed by atoms with Crippen LogP contribution in [0, 0.1) is 0 Å². The first-order valence-corrected chi connectivity index (χ1v) is 7.22. The molecule has 0 spiro atoms. The molecule has 122 valence electrons. The molecule has 1 aliphatic rings. The van der Waals surface area contributed by atoms with E-state index < -0.39 is 23.4 Å². The van der Waals surface area contributed by atoms with E-state index in [1.165, 1.54) is 11.0 Å². The average molecular weight is 336 g/mol. The van der Waals surface area contributed by atoms with Crippen LogP contribution in [0.3, 0.4) is 0 Å². The molecule has 0 atom stereocenters. The van der Waals surface area contributed by atoms with Crippen molar-refractivity contribution in [3.63, 3.8) is 0 Å². The van der Waals surface area contributed by atoms with Crippen LogP contribution < -0.4 is 0 Å². The van der Waals surface area contributed by atoms with Crippen LogP contribution in [0.5, 0.6) is 0 Å². The number of carbonyl (C=O) groups excluding carboxylic acids is 1. The van der Waals surface area contributed by atoms with Crippen molar-refractivity contribution in [3.8, 4) is 0 Å². The van der Waals surface area contributed by atoms with Crippen molar-refractivity contribution in [2.75, 3.05) is 6.54 Å². The van der Waals surface area contributed by atoms with E-state index in [-0.39, 0.29) is 30.1 Å². The predicted octanol–water partition coefficient (Wildman–Crippen LogP) is 4.65. The predicted molar refractivity (Wildman–Crippen MR) is 76.8 cm³/mol. The Morgan fingerprint density at radius 1 is 1.23 bits per heavy atom. The van der Waals surface area contributed by atoms with E-state index in [9.17, 15) is 18.0 Å². The van der Waals surface area contributed by atoms with E-state index in [2.05, 4.69) is 0 Å². The lowest BCUT2D eigenvalue weighted by molar-refractivity contribution is -0.138. The summed E-state index contributed by atoms with van der Waals surface area (Å²) in [6.45, 7) is 5.39. The molecule has 0 saturated carbocycles. The first-order chi connectivity index (χ1) is 9.99. The summed E-state index contributed by atoms with van der Waals surface area (Å²) in [5, 5.41) is 0.233. The van der Waals surface area contributed by atoms with Crippen molar-refractivity contribution in [1.82, 2.24) is 4.90 Å². The third-order valence-corrected chi connectivity index (χ3v) is 3.67. The molecule has 0 unspecified atom stereocenters. The van der Waals surface area contributed by atoms with Crippen LogP contribution in [-0.2, 0) is 23.9 Å². The number of benzene rings is 1. The zero-order valence-corrected chi connectivity index (χ0v) is 13.3. The molecular formula is C15H17ClF3NO2. The Morgan fingerprint density at radius 2 is 1.86 bits per heavy atom. The third-order valence-electron chi connectivity index (χ3n) is 3.31. The van der Waals surface area contributed by atoms with Gasteiger partial charge >= 0.3 is 12.3 Å². The molecule has 1 aliphatic heterocycles. The molecule has 2 rings (SSSR count). The van der Waals surface area contributed by atoms with Crippen molar-refractivity contribution in [3.05, 3.63) is 33.8 Å². The Bertz CT molecular complexity index is 594. The van der Waals surface area contributed by atoms with Gasteiger partial charge in [0.25, 0.3) is 0 Å². The Morgan fingerprint density at radius 3 is 2.41 bits per heavy atom. The number of hydrogen-bond donors (Lipinski definition) is 0. The van der Waals surface area contributed by atoms with Crippen LogP contribution in [0.25, 0.3) is 0 Å². The normalized spacial score (nSPS) is 15.5. The largest absolute Gasteiger partial charge is 0.444 e. The minimum atomic E-state index is -4.43. The summed E-state index contributed by atoms with van der Waals surface area (Å²) in [5.74, 6) is 0. The fourth-order valence-corrected chi connectivity index (χ4v) is 2.62. The van der Waals surface area contributed by atoms with Gasteiger partial charge in [0.1, 0.15) is 5.60 Å². The van der Waals surface area contributed by atoms with E-state index in [0.717, 1.165) is 6.07 Å². The van der Waals surface area contributed by atoms with E-state index >= 15 is 0 Å². The van der Waals surface area contributed by atoms with Crippen LogP contribution in [0.1, 0.15) is 37.5 Å². The minimum absolute atomic E-state index is 0.0208. The summed E-state index contributed by atoms with van der Waals surface area (Å²) in [7, 11) is 0. The number of halogens is 4. The molecule has 7 heteroatoms. The smallest absolute Gasteiger partial charge is 0.416 e. The molecule has 1 heterocycles. The fourth-order valence-electron chi connectivity index (χ4n) is 2.39. The van der Waals surface area contributed by atoms with Crippen molar-refractivity contribution in [2.45, 2.75) is 45.5 Å². The van der Waals surface area contributed by atoms with Gasteiger partial charge in [-0.15, -0.1) is 0 Å². The molecule has 0 bridgehead atoms. The fraction of sp³-hybridized carbons (Fsp3) is 0.533. The minimum Gasteiger partial charge on any atom is -0.444 e. The van der Waals surface area contributed by atoms with Crippen LogP contribution in [0.4, 0.5) is 18.0 Å². The molecule has 1 amide bonds. The zero-order chi connectivity index (χ0) is 16.7. The Labute approximate surface area is 132 Å². The standard InChI is InChI=1S/C15H17ClF3NO2/c1-14(2,3)22-13(21)20-7-6-9-10(8-20)12(16)5-4-11(9)15(17,18)19/h4-5H,6-8H2,1-3H3. The second-order valence-corrected chi connectivity index (χ2v) is 6.61. The number of hydrogen-bond acceptors (Lipinski definition) is 2.